The number of carboxylic acid groups (broad SMARTS) is 1. The second kappa shape index (κ2) is 8.75. The Bertz CT molecular complexity index is 1190. The van der Waals surface area contributed by atoms with Crippen LogP contribution < -0.4 is 15.0 Å². The monoisotopic (exact) mass is 523 g/mol. The smallest absolute Gasteiger partial charge is 0.341 e. The Kier molecular flexibility index (Phi) is 6.33. The van der Waals surface area contributed by atoms with Crippen LogP contribution in [-0.4, -0.2) is 40.7 Å². The van der Waals surface area contributed by atoms with Crippen molar-refractivity contribution in [2.75, 3.05) is 13.7 Å². The summed E-state index contributed by atoms with van der Waals surface area (Å²) in [6, 6.07) is 8.48. The standard InChI is InChI=1S/C19H15Br2N3O5/c1-10-23-15-4-3-12(20)6-13(15)19(27)24(10)22-8-11-5-16(28-2)17(7-14(11)21)29-9-18(25)26/h3-8H,9H2,1-2H3,(H,25,26). The summed E-state index contributed by atoms with van der Waals surface area (Å²) in [4.78, 5) is 27.9. The third kappa shape index (κ3) is 4.65. The highest BCUT2D eigenvalue weighted by molar-refractivity contribution is 9.10. The SMILES string of the molecule is COc1cc(C=Nn2c(C)nc3ccc(Br)cc3c2=O)c(Br)cc1OCC(=O)O. The van der Waals surface area contributed by atoms with Gasteiger partial charge in [0, 0.05) is 14.5 Å². The van der Waals surface area contributed by atoms with E-state index in [-0.39, 0.29) is 11.3 Å². The van der Waals surface area contributed by atoms with Crippen molar-refractivity contribution in [3.05, 3.63) is 61.0 Å². The third-order valence-corrected chi connectivity index (χ3v) is 5.10. The summed E-state index contributed by atoms with van der Waals surface area (Å²) in [6.07, 6.45) is 1.48. The molecule has 0 aliphatic heterocycles. The topological polar surface area (TPSA) is 103 Å². The van der Waals surface area contributed by atoms with E-state index in [4.69, 9.17) is 14.6 Å². The quantitative estimate of drug-likeness (QED) is 0.494. The number of aromatic nitrogens is 2. The summed E-state index contributed by atoms with van der Waals surface area (Å²) in [5, 5.41) is 13.5. The van der Waals surface area contributed by atoms with Gasteiger partial charge in [0.25, 0.3) is 5.56 Å². The summed E-state index contributed by atoms with van der Waals surface area (Å²) in [5.41, 5.74) is 0.893. The Hall–Kier alpha value is -2.72. The predicted octanol–water partition coefficient (Wildman–Crippen LogP) is 3.58. The van der Waals surface area contributed by atoms with E-state index >= 15 is 0 Å². The minimum atomic E-state index is -1.10. The highest BCUT2D eigenvalue weighted by Gasteiger charge is 2.12. The Labute approximate surface area is 182 Å². The van der Waals surface area contributed by atoms with E-state index in [1.54, 1.807) is 31.2 Å². The maximum atomic E-state index is 12.8. The molecule has 0 bridgehead atoms. The first-order valence-electron chi connectivity index (χ1n) is 8.25. The number of aryl methyl sites for hydroxylation is 1. The lowest BCUT2D eigenvalue weighted by molar-refractivity contribution is -0.139. The lowest BCUT2D eigenvalue weighted by atomic mass is 10.2. The van der Waals surface area contributed by atoms with Gasteiger partial charge in [-0.25, -0.2) is 9.78 Å². The summed E-state index contributed by atoms with van der Waals surface area (Å²) >= 11 is 6.75. The molecule has 0 aliphatic carbocycles. The molecule has 3 rings (SSSR count). The number of nitrogens with zero attached hydrogens (tertiary/aromatic N) is 3. The molecule has 1 heterocycles. The van der Waals surface area contributed by atoms with Gasteiger partial charge in [-0.15, -0.1) is 0 Å². The molecule has 0 spiro atoms. The molecule has 0 fully saturated rings. The largest absolute Gasteiger partial charge is 0.493 e. The number of halogens is 2. The number of hydrogen-bond donors (Lipinski definition) is 1. The molecule has 1 N–H and O–H groups in total. The first-order valence-corrected chi connectivity index (χ1v) is 9.84. The minimum Gasteiger partial charge on any atom is -0.493 e. The van der Waals surface area contributed by atoms with Crippen LogP contribution in [0, 0.1) is 6.92 Å². The van der Waals surface area contributed by atoms with E-state index in [0.29, 0.717) is 32.5 Å². The van der Waals surface area contributed by atoms with Gasteiger partial charge in [0.1, 0.15) is 5.82 Å². The van der Waals surface area contributed by atoms with E-state index in [2.05, 4.69) is 41.9 Å². The van der Waals surface area contributed by atoms with Gasteiger partial charge in [0.2, 0.25) is 0 Å². The molecule has 0 aliphatic rings. The number of rotatable bonds is 6. The van der Waals surface area contributed by atoms with Gasteiger partial charge in [-0.2, -0.15) is 9.78 Å². The van der Waals surface area contributed by atoms with Crippen molar-refractivity contribution in [3.8, 4) is 11.5 Å². The highest BCUT2D eigenvalue weighted by Crippen LogP contribution is 2.33. The average molecular weight is 525 g/mol. The Morgan fingerprint density at radius 3 is 2.72 bits per heavy atom. The van der Waals surface area contributed by atoms with Gasteiger partial charge in [0.05, 0.1) is 24.2 Å². The fraction of sp³-hybridized carbons (Fsp3) is 0.158. The zero-order valence-electron chi connectivity index (χ0n) is 15.3. The van der Waals surface area contributed by atoms with Crippen LogP contribution in [-0.2, 0) is 4.79 Å². The van der Waals surface area contributed by atoms with Gasteiger partial charge < -0.3 is 14.6 Å². The molecular formula is C19H15Br2N3O5. The molecule has 8 nitrogen and oxygen atoms in total. The summed E-state index contributed by atoms with van der Waals surface area (Å²) in [7, 11) is 1.44. The van der Waals surface area contributed by atoms with Crippen LogP contribution in [0.3, 0.4) is 0 Å². The number of fused-ring (bicyclic) bond motifs is 1. The van der Waals surface area contributed by atoms with Crippen molar-refractivity contribution in [2.24, 2.45) is 5.10 Å². The lowest BCUT2D eigenvalue weighted by Gasteiger charge is -2.11. The Balaban J connectivity index is 2.01. The number of methoxy groups -OCH3 is 1. The van der Waals surface area contributed by atoms with E-state index in [1.165, 1.54) is 18.0 Å². The average Bonchev–Trinajstić information content (AvgIpc) is 2.68. The molecule has 0 atom stereocenters. The number of hydrogen-bond acceptors (Lipinski definition) is 6. The van der Waals surface area contributed by atoms with Crippen molar-refractivity contribution >= 4 is 54.9 Å². The summed E-state index contributed by atoms with van der Waals surface area (Å²) < 4.78 is 13.0. The molecule has 0 saturated heterocycles. The number of ether oxygens (including phenoxy) is 2. The van der Waals surface area contributed by atoms with Gasteiger partial charge in [-0.05, 0) is 53.2 Å². The fourth-order valence-corrected chi connectivity index (χ4v) is 3.36. The van der Waals surface area contributed by atoms with Crippen LogP contribution in [0.5, 0.6) is 11.5 Å². The molecule has 10 heteroatoms. The van der Waals surface area contributed by atoms with Gasteiger partial charge >= 0.3 is 5.97 Å². The van der Waals surface area contributed by atoms with Crippen molar-refractivity contribution in [1.29, 1.82) is 0 Å². The molecular weight excluding hydrogens is 510 g/mol. The van der Waals surface area contributed by atoms with Crippen LogP contribution in [0.2, 0.25) is 0 Å². The van der Waals surface area contributed by atoms with Crippen LogP contribution in [0.1, 0.15) is 11.4 Å². The summed E-state index contributed by atoms with van der Waals surface area (Å²) in [5.74, 6) is -0.0605. The zero-order valence-corrected chi connectivity index (χ0v) is 18.5. The molecule has 0 unspecified atom stereocenters. The molecule has 2 aromatic carbocycles. The molecule has 150 valence electrons. The van der Waals surface area contributed by atoms with Crippen LogP contribution in [0.15, 0.2) is 49.2 Å². The fourth-order valence-electron chi connectivity index (χ4n) is 2.58. The Morgan fingerprint density at radius 2 is 2.03 bits per heavy atom. The third-order valence-electron chi connectivity index (χ3n) is 3.92. The van der Waals surface area contributed by atoms with E-state index in [9.17, 15) is 9.59 Å². The first-order chi connectivity index (χ1) is 13.8. The van der Waals surface area contributed by atoms with Gasteiger partial charge in [0.15, 0.2) is 18.1 Å². The van der Waals surface area contributed by atoms with Crippen molar-refractivity contribution < 1.29 is 19.4 Å². The maximum absolute atomic E-state index is 12.8. The second-order valence-electron chi connectivity index (χ2n) is 5.89. The molecule has 1 aromatic heterocycles. The first kappa shape index (κ1) is 21.0. The minimum absolute atomic E-state index is 0.268. The number of aliphatic carboxylic acids is 1. The highest BCUT2D eigenvalue weighted by atomic mass is 79.9. The summed E-state index contributed by atoms with van der Waals surface area (Å²) in [6.45, 7) is 1.20. The van der Waals surface area contributed by atoms with Crippen molar-refractivity contribution in [1.82, 2.24) is 9.66 Å². The number of benzene rings is 2. The normalized spacial score (nSPS) is 11.2. The second-order valence-corrected chi connectivity index (χ2v) is 7.66. The van der Waals surface area contributed by atoms with Crippen LogP contribution >= 0.6 is 31.9 Å². The molecule has 0 saturated carbocycles. The Morgan fingerprint density at radius 1 is 1.28 bits per heavy atom. The lowest BCUT2D eigenvalue weighted by Crippen LogP contribution is -2.20. The number of carboxylic acids is 1. The van der Waals surface area contributed by atoms with E-state index in [1.807, 2.05) is 6.07 Å². The van der Waals surface area contributed by atoms with Crippen molar-refractivity contribution in [3.63, 3.8) is 0 Å². The van der Waals surface area contributed by atoms with Gasteiger partial charge in [-0.1, -0.05) is 15.9 Å². The molecule has 3 aromatic rings. The van der Waals surface area contributed by atoms with Gasteiger partial charge in [-0.3, -0.25) is 4.79 Å². The maximum Gasteiger partial charge on any atom is 0.341 e. The molecule has 0 amide bonds. The molecule has 29 heavy (non-hydrogen) atoms. The predicted molar refractivity (Wildman–Crippen MR) is 115 cm³/mol. The van der Waals surface area contributed by atoms with Crippen LogP contribution in [0.4, 0.5) is 0 Å². The zero-order chi connectivity index (χ0) is 21.1. The van der Waals surface area contributed by atoms with E-state index < -0.39 is 12.6 Å². The van der Waals surface area contributed by atoms with Crippen molar-refractivity contribution in [2.45, 2.75) is 6.92 Å². The van der Waals surface area contributed by atoms with E-state index in [0.717, 1.165) is 4.47 Å². The van der Waals surface area contributed by atoms with Crippen LogP contribution in [0.25, 0.3) is 10.9 Å². The number of carbonyl (C=O) groups is 1. The molecule has 0 radical (unpaired) electrons.